The van der Waals surface area contributed by atoms with Crippen molar-refractivity contribution in [2.75, 3.05) is 0 Å². The largest absolute Gasteiger partial charge is 0.309 e. The van der Waals surface area contributed by atoms with E-state index in [1.54, 1.807) is 0 Å². The van der Waals surface area contributed by atoms with Crippen molar-refractivity contribution < 1.29 is 0 Å². The minimum Gasteiger partial charge on any atom is -0.309 e. The van der Waals surface area contributed by atoms with Crippen LogP contribution in [0.25, 0.3) is 275 Å². The van der Waals surface area contributed by atoms with E-state index in [1.807, 2.05) is 0 Å². The van der Waals surface area contributed by atoms with E-state index in [2.05, 4.69) is 543 Å². The lowest BCUT2D eigenvalue weighted by Crippen LogP contribution is -2.03. The van der Waals surface area contributed by atoms with Gasteiger partial charge in [-0.1, -0.05) is 303 Å². The van der Waals surface area contributed by atoms with Crippen molar-refractivity contribution in [1.82, 2.24) is 45.7 Å². The van der Waals surface area contributed by atoms with Crippen LogP contribution in [-0.2, 0) is 0 Å². The second kappa shape index (κ2) is 30.2. The number of benzene rings is 22. The van der Waals surface area contributed by atoms with Gasteiger partial charge in [-0.3, -0.25) is 0 Å². The summed E-state index contributed by atoms with van der Waals surface area (Å²) in [6.45, 7) is 0. The van der Waals surface area contributed by atoms with Crippen LogP contribution in [0.3, 0.4) is 0 Å². The van der Waals surface area contributed by atoms with Gasteiger partial charge in [0.1, 0.15) is 0 Å². The molecule has 0 unspecified atom stereocenters. The fourth-order valence-electron chi connectivity index (χ4n) is 24.7. The predicted octanol–water partition coefficient (Wildman–Crippen LogP) is 34.3. The van der Waals surface area contributed by atoms with Gasteiger partial charge in [0.05, 0.1) is 144 Å². The van der Waals surface area contributed by atoms with Crippen LogP contribution in [0.4, 0.5) is 0 Å². The molecule has 10 nitrogen and oxygen atoms in total. The minimum absolute atomic E-state index is 1.08. The molecule has 10 heteroatoms. The maximum Gasteiger partial charge on any atom is 0.0548 e. The van der Waals surface area contributed by atoms with Crippen LogP contribution in [0.15, 0.2) is 497 Å². The third kappa shape index (κ3) is 11.2. The molecule has 142 heavy (non-hydrogen) atoms. The minimum atomic E-state index is 1.08. The molecular formula is C132H82N10. The van der Waals surface area contributed by atoms with Crippen LogP contribution in [0.2, 0.25) is 0 Å². The molecule has 0 radical (unpaired) electrons. The molecule has 0 aliphatic heterocycles. The van der Waals surface area contributed by atoms with Crippen LogP contribution >= 0.6 is 0 Å². The van der Waals surface area contributed by atoms with Crippen molar-refractivity contribution in [3.8, 4) is 56.9 Å². The first-order chi connectivity index (χ1) is 70.5. The summed E-state index contributed by atoms with van der Waals surface area (Å²) in [5, 5.41) is 24.6. The molecule has 0 atom stereocenters. The zero-order valence-electron chi connectivity index (χ0n) is 76.8. The van der Waals surface area contributed by atoms with Crippen molar-refractivity contribution in [3.05, 3.63) is 497 Å². The molecule has 22 aromatic carbocycles. The Kier molecular flexibility index (Phi) is 16.6. The average molecular weight is 1810 g/mol. The van der Waals surface area contributed by atoms with Crippen molar-refractivity contribution in [1.29, 1.82) is 0 Å². The highest BCUT2D eigenvalue weighted by atomic mass is 15.1. The summed E-state index contributed by atoms with van der Waals surface area (Å²) in [6, 6.07) is 184. The first-order valence-electron chi connectivity index (χ1n) is 48.9. The van der Waals surface area contributed by atoms with Gasteiger partial charge in [0.15, 0.2) is 0 Å². The second-order valence-corrected chi connectivity index (χ2v) is 37.9. The molecule has 32 aromatic rings. The summed E-state index contributed by atoms with van der Waals surface area (Å²) >= 11 is 0. The molecule has 0 saturated heterocycles. The second-order valence-electron chi connectivity index (χ2n) is 37.9. The normalized spacial score (nSPS) is 12.2. The van der Waals surface area contributed by atoms with Crippen LogP contribution in [0.5, 0.6) is 0 Å². The van der Waals surface area contributed by atoms with Crippen molar-refractivity contribution in [3.63, 3.8) is 0 Å². The fraction of sp³-hybridized carbons (Fsp3) is 0. The topological polar surface area (TPSA) is 49.3 Å². The molecule has 0 bridgehead atoms. The van der Waals surface area contributed by atoms with Crippen molar-refractivity contribution in [2.24, 2.45) is 0 Å². The molecule has 10 heterocycles. The highest BCUT2D eigenvalue weighted by Crippen LogP contribution is 2.48. The molecule has 0 N–H and O–H groups in total. The average Bonchev–Trinajstić information content (AvgIpc) is 1.54. The lowest BCUT2D eigenvalue weighted by molar-refractivity contribution is 1.09. The molecular weight excluding hydrogens is 1730 g/mol. The fourth-order valence-corrected chi connectivity index (χ4v) is 24.7. The van der Waals surface area contributed by atoms with Gasteiger partial charge in [-0.05, 0) is 194 Å². The molecule has 0 spiro atoms. The van der Waals surface area contributed by atoms with E-state index < -0.39 is 0 Å². The molecule has 0 amide bonds. The summed E-state index contributed by atoms with van der Waals surface area (Å²) in [7, 11) is 0. The Bertz CT molecular complexity index is 9820. The van der Waals surface area contributed by atoms with Crippen LogP contribution in [-0.4, -0.2) is 45.7 Å². The quantitative estimate of drug-likeness (QED) is 0.131. The van der Waals surface area contributed by atoms with E-state index in [0.717, 1.165) is 78.9 Å². The highest BCUT2D eigenvalue weighted by molar-refractivity contribution is 6.23. The third-order valence-corrected chi connectivity index (χ3v) is 30.4. The lowest BCUT2D eigenvalue weighted by Gasteiger charge is -2.18. The standard InChI is InChI=1S/C78H48N6.C54H34N4/c1-11-31-67-55(21-1)56-22-2-12-32-68(56)79(67)49-41-50(80-69-33-13-3-23-57(69)58-24-4-14-34-70(58)80)44-53(43-49)83-75-39-19-9-29-63(75)65-48-78-66(47-77(65)83)64-30-10-20-40-76(64)84(78)54-45-51(81-71-35-15-5-25-59(71)60-26-6-16-36-72(60)81)42-52(46-54)82-73-37-17-7-27-61(73)62-28-8-18-38-74(62)82;1-7-25-47-39(19-1)40-20-2-8-26-48(40)55(47)35-15-13-17-37(31-35)57-51-29-11-5-23-43(51)45-34-54-46(33-53(45)57)44-24-6-12-30-52(44)58(54)38-18-14-16-36(32-38)56-49-27-9-3-21-41(49)42-22-4-10-28-50(42)56/h1-48H;1-34H. The number of hydrogen-bond acceptors (Lipinski definition) is 0. The summed E-state index contributed by atoms with van der Waals surface area (Å²) in [5.74, 6) is 0. The molecule has 32 rings (SSSR count). The van der Waals surface area contributed by atoms with Gasteiger partial charge in [0, 0.05) is 130 Å². The van der Waals surface area contributed by atoms with Crippen molar-refractivity contribution >= 4 is 218 Å². The number of rotatable bonds is 10. The zero-order chi connectivity index (χ0) is 92.6. The third-order valence-electron chi connectivity index (χ3n) is 30.4. The van der Waals surface area contributed by atoms with Gasteiger partial charge < -0.3 is 45.7 Å². The van der Waals surface area contributed by atoms with E-state index in [-0.39, 0.29) is 0 Å². The molecule has 0 fully saturated rings. The number of fused-ring (bicyclic) bond motifs is 30. The summed E-state index contributed by atoms with van der Waals surface area (Å²) in [4.78, 5) is 0. The van der Waals surface area contributed by atoms with Gasteiger partial charge in [-0.15, -0.1) is 0 Å². The molecule has 10 aromatic heterocycles. The van der Waals surface area contributed by atoms with Gasteiger partial charge in [0.2, 0.25) is 0 Å². The first-order valence-corrected chi connectivity index (χ1v) is 48.9. The van der Waals surface area contributed by atoms with Crippen LogP contribution in [0, 0.1) is 0 Å². The molecule has 0 aliphatic rings. The van der Waals surface area contributed by atoms with E-state index >= 15 is 0 Å². The molecule has 0 saturated carbocycles. The van der Waals surface area contributed by atoms with Gasteiger partial charge >= 0.3 is 0 Å². The summed E-state index contributed by atoms with van der Waals surface area (Å²) in [5.41, 5.74) is 34.6. The Morgan fingerprint density at radius 3 is 0.310 bits per heavy atom. The Labute approximate surface area is 812 Å². The first kappa shape index (κ1) is 78.1. The monoisotopic (exact) mass is 1810 g/mol. The summed E-state index contributed by atoms with van der Waals surface area (Å²) < 4.78 is 24.6. The maximum atomic E-state index is 2.52. The van der Waals surface area contributed by atoms with E-state index in [4.69, 9.17) is 0 Å². The van der Waals surface area contributed by atoms with E-state index in [9.17, 15) is 0 Å². The van der Waals surface area contributed by atoms with Crippen molar-refractivity contribution in [2.45, 2.75) is 0 Å². The van der Waals surface area contributed by atoms with E-state index in [1.165, 1.54) is 196 Å². The van der Waals surface area contributed by atoms with Crippen LogP contribution in [0.1, 0.15) is 0 Å². The van der Waals surface area contributed by atoms with E-state index in [0.29, 0.717) is 0 Å². The zero-order valence-corrected chi connectivity index (χ0v) is 76.8. The molecule has 660 valence electrons. The summed E-state index contributed by atoms with van der Waals surface area (Å²) in [6.07, 6.45) is 0. The van der Waals surface area contributed by atoms with Gasteiger partial charge in [0.25, 0.3) is 0 Å². The number of hydrogen-bond donors (Lipinski definition) is 0. The Morgan fingerprint density at radius 1 is 0.0704 bits per heavy atom. The molecule has 0 aliphatic carbocycles. The Morgan fingerprint density at radius 2 is 0.169 bits per heavy atom. The number of para-hydroxylation sites is 16. The Balaban J connectivity index is 0.000000139. The number of nitrogens with zero attached hydrogens (tertiary/aromatic N) is 10. The SMILES string of the molecule is c1cc(-n2c3ccccc3c3ccccc32)cc(-n2c3ccccc3c3cc4c(cc32)c2ccccc2n4-c2cccc(-n3c4ccccc4c4ccccc43)c2)c1.c1ccc2c(c1)c1ccccc1n2-c1cc(-n2c3ccccc3c3ccccc32)cc(-n2c3ccccc3c3cc4c(cc32)c2ccccc2n4-c2cc(-n3c4ccccc4c4ccccc43)cc(-n3c4ccccc4c4ccccc43)c2)c1. The predicted molar refractivity (Wildman–Crippen MR) is 596 cm³/mol. The van der Waals surface area contributed by atoms with Crippen LogP contribution < -0.4 is 0 Å². The van der Waals surface area contributed by atoms with Gasteiger partial charge in [-0.25, -0.2) is 0 Å². The van der Waals surface area contributed by atoms with Gasteiger partial charge in [-0.2, -0.15) is 0 Å². The number of aromatic nitrogens is 10. The highest BCUT2D eigenvalue weighted by Gasteiger charge is 2.28. The maximum absolute atomic E-state index is 2.52. The smallest absolute Gasteiger partial charge is 0.0548 e. The Hall–Kier alpha value is -19.2. The lowest BCUT2D eigenvalue weighted by atomic mass is 10.1.